The summed E-state index contributed by atoms with van der Waals surface area (Å²) in [6, 6.07) is 17.4. The van der Waals surface area contributed by atoms with Gasteiger partial charge in [-0.2, -0.15) is 10.1 Å². The number of nitrogens with one attached hydrogen (secondary N) is 2. The highest BCUT2D eigenvalue weighted by Crippen LogP contribution is 2.30. The number of hydrazone groups is 1. The number of hydrogen-bond acceptors (Lipinski definition) is 8. The zero-order valence-corrected chi connectivity index (χ0v) is 15.3. The van der Waals surface area contributed by atoms with E-state index in [4.69, 9.17) is 4.42 Å². The Morgan fingerprint density at radius 2 is 1.90 bits per heavy atom. The average molecular weight is 399 g/mol. The van der Waals surface area contributed by atoms with E-state index in [9.17, 15) is 10.1 Å². The zero-order valence-electron chi connectivity index (χ0n) is 15.3. The smallest absolute Gasteiger partial charge is 0.280 e. The minimum atomic E-state index is -0.447. The van der Waals surface area contributed by atoms with Crippen LogP contribution in [0.15, 0.2) is 70.2 Å². The van der Waals surface area contributed by atoms with Gasteiger partial charge in [0, 0.05) is 17.0 Å². The highest BCUT2D eigenvalue weighted by atomic mass is 16.6. The van der Waals surface area contributed by atoms with Gasteiger partial charge in [-0.25, -0.2) is 5.43 Å². The molecule has 5 rings (SSSR count). The number of nitro groups is 1. The fourth-order valence-electron chi connectivity index (χ4n) is 3.13. The van der Waals surface area contributed by atoms with Crippen LogP contribution >= 0.6 is 0 Å². The van der Waals surface area contributed by atoms with Crippen molar-refractivity contribution in [2.24, 2.45) is 5.10 Å². The van der Waals surface area contributed by atoms with Gasteiger partial charge in [0.2, 0.25) is 0 Å². The molecule has 146 valence electrons. The van der Waals surface area contributed by atoms with Crippen LogP contribution in [-0.2, 0) is 0 Å². The molecule has 10 nitrogen and oxygen atoms in total. The van der Waals surface area contributed by atoms with Gasteiger partial charge in [-0.05, 0) is 24.3 Å². The molecule has 0 spiro atoms. The number of nitrogens with zero attached hydrogens (tertiary/aromatic N) is 5. The highest BCUT2D eigenvalue weighted by Gasteiger charge is 2.16. The van der Waals surface area contributed by atoms with Crippen LogP contribution in [0.5, 0.6) is 0 Å². The monoisotopic (exact) mass is 399 g/mol. The fourth-order valence-corrected chi connectivity index (χ4v) is 3.13. The van der Waals surface area contributed by atoms with Crippen molar-refractivity contribution in [3.05, 3.63) is 76.5 Å². The molecular formula is C20H13N7O3. The summed E-state index contributed by atoms with van der Waals surface area (Å²) >= 11 is 0. The van der Waals surface area contributed by atoms with Gasteiger partial charge in [-0.3, -0.25) is 10.1 Å². The minimum Gasteiger partial charge on any atom is -0.455 e. The molecule has 0 aliphatic rings. The predicted molar refractivity (Wildman–Crippen MR) is 111 cm³/mol. The van der Waals surface area contributed by atoms with Crippen LogP contribution < -0.4 is 5.43 Å². The fraction of sp³-hybridized carbons (Fsp3) is 0. The summed E-state index contributed by atoms with van der Waals surface area (Å²) in [6.45, 7) is 0. The first-order chi connectivity index (χ1) is 14.7. The van der Waals surface area contributed by atoms with Crippen molar-refractivity contribution in [2.75, 3.05) is 5.43 Å². The lowest BCUT2D eigenvalue weighted by Crippen LogP contribution is -1.98. The molecule has 0 unspecified atom stereocenters. The molecule has 3 aromatic heterocycles. The van der Waals surface area contributed by atoms with Crippen molar-refractivity contribution < 1.29 is 9.34 Å². The van der Waals surface area contributed by atoms with Crippen molar-refractivity contribution >= 4 is 39.9 Å². The van der Waals surface area contributed by atoms with Crippen LogP contribution in [0.1, 0.15) is 5.76 Å². The van der Waals surface area contributed by atoms with Crippen LogP contribution in [0.4, 0.5) is 11.6 Å². The van der Waals surface area contributed by atoms with E-state index < -0.39 is 4.92 Å². The number of rotatable bonds is 5. The van der Waals surface area contributed by atoms with Gasteiger partial charge in [0.15, 0.2) is 5.65 Å². The third-order valence-electron chi connectivity index (χ3n) is 4.47. The minimum absolute atomic E-state index is 0.0282. The van der Waals surface area contributed by atoms with Gasteiger partial charge in [-0.1, -0.05) is 30.3 Å². The van der Waals surface area contributed by atoms with Gasteiger partial charge < -0.3 is 9.40 Å². The van der Waals surface area contributed by atoms with Crippen LogP contribution in [0.3, 0.4) is 0 Å². The summed E-state index contributed by atoms with van der Waals surface area (Å²) in [4.78, 5) is 18.3. The second kappa shape index (κ2) is 7.09. The largest absolute Gasteiger partial charge is 0.455 e. The van der Waals surface area contributed by atoms with E-state index in [-0.39, 0.29) is 11.6 Å². The third kappa shape index (κ3) is 3.11. The van der Waals surface area contributed by atoms with Crippen LogP contribution in [0, 0.1) is 10.1 Å². The average Bonchev–Trinajstić information content (AvgIpc) is 3.38. The molecule has 0 aliphatic heterocycles. The van der Waals surface area contributed by atoms with Gasteiger partial charge in [0.05, 0.1) is 16.7 Å². The number of H-pyrrole nitrogens is 1. The molecule has 0 amide bonds. The summed E-state index contributed by atoms with van der Waals surface area (Å²) in [5.41, 5.74) is 5.27. The topological polar surface area (TPSA) is 135 Å². The number of furan rings is 1. The van der Waals surface area contributed by atoms with Crippen molar-refractivity contribution in [2.45, 2.75) is 0 Å². The van der Waals surface area contributed by atoms with Crippen LogP contribution in [0.25, 0.3) is 33.4 Å². The number of benzene rings is 2. The summed E-state index contributed by atoms with van der Waals surface area (Å²) in [5, 5.41) is 24.4. The van der Waals surface area contributed by atoms with Crippen LogP contribution in [0.2, 0.25) is 0 Å². The molecule has 0 radical (unpaired) electrons. The summed E-state index contributed by atoms with van der Waals surface area (Å²) in [6.07, 6.45) is 1.43. The van der Waals surface area contributed by atoms with Crippen molar-refractivity contribution in [3.63, 3.8) is 0 Å². The quantitative estimate of drug-likeness (QED) is 0.258. The number of aromatic nitrogens is 4. The normalized spacial score (nSPS) is 11.5. The van der Waals surface area contributed by atoms with E-state index in [1.54, 1.807) is 30.3 Å². The Kier molecular flexibility index (Phi) is 4.14. The number of aromatic amines is 1. The molecule has 2 aromatic carbocycles. The highest BCUT2D eigenvalue weighted by molar-refractivity contribution is 6.03. The standard InChI is InChI=1S/C20H13N7O3/c28-27(29)16-8-4-2-6-14(16)17-10-9-12(30-17)11-21-25-20-23-19-18(24-26-20)13-5-1-3-7-15(13)22-19/h1-11H,(H2,22,23,25,26). The maximum Gasteiger partial charge on any atom is 0.280 e. The first-order valence-corrected chi connectivity index (χ1v) is 8.93. The van der Waals surface area contributed by atoms with E-state index >= 15 is 0 Å². The van der Waals surface area contributed by atoms with E-state index in [2.05, 4.69) is 30.7 Å². The Labute approximate surface area is 168 Å². The Bertz CT molecular complexity index is 1420. The Morgan fingerprint density at radius 1 is 1.07 bits per heavy atom. The number of nitro benzene ring substituents is 1. The van der Waals surface area contributed by atoms with Gasteiger partial charge in [-0.15, -0.1) is 10.2 Å². The molecule has 0 fully saturated rings. The third-order valence-corrected chi connectivity index (χ3v) is 4.47. The molecule has 0 aliphatic carbocycles. The number of para-hydroxylation sites is 2. The molecule has 3 heterocycles. The SMILES string of the molecule is O=[N+]([O-])c1ccccc1-c1ccc(C=NNc2nnc3c(n2)[nH]c2ccccc23)o1. The number of hydrogen-bond donors (Lipinski definition) is 2. The Hall–Kier alpha value is -4.60. The van der Waals surface area contributed by atoms with E-state index in [1.807, 2.05) is 24.3 Å². The molecule has 10 heteroatoms. The first-order valence-electron chi connectivity index (χ1n) is 8.93. The maximum atomic E-state index is 11.2. The molecule has 0 saturated carbocycles. The molecule has 0 bridgehead atoms. The molecule has 2 N–H and O–H groups in total. The lowest BCUT2D eigenvalue weighted by Gasteiger charge is -1.98. The molecule has 5 aromatic rings. The van der Waals surface area contributed by atoms with E-state index in [0.717, 1.165) is 10.9 Å². The van der Waals surface area contributed by atoms with E-state index in [0.29, 0.717) is 28.2 Å². The van der Waals surface area contributed by atoms with Gasteiger partial charge >= 0.3 is 0 Å². The molecular weight excluding hydrogens is 386 g/mol. The van der Waals surface area contributed by atoms with Gasteiger partial charge in [0.25, 0.3) is 11.6 Å². The molecule has 30 heavy (non-hydrogen) atoms. The number of fused-ring (bicyclic) bond motifs is 3. The molecule has 0 saturated heterocycles. The van der Waals surface area contributed by atoms with Crippen molar-refractivity contribution in [3.8, 4) is 11.3 Å². The Balaban J connectivity index is 1.35. The maximum absolute atomic E-state index is 11.2. The van der Waals surface area contributed by atoms with Crippen LogP contribution in [-0.4, -0.2) is 31.3 Å². The predicted octanol–water partition coefficient (Wildman–Crippen LogP) is 4.12. The molecule has 0 atom stereocenters. The summed E-state index contributed by atoms with van der Waals surface area (Å²) < 4.78 is 5.65. The second-order valence-corrected chi connectivity index (χ2v) is 6.35. The Morgan fingerprint density at radius 3 is 2.80 bits per heavy atom. The van der Waals surface area contributed by atoms with Crippen molar-refractivity contribution in [1.82, 2.24) is 20.2 Å². The first kappa shape index (κ1) is 17.5. The van der Waals surface area contributed by atoms with Crippen molar-refractivity contribution in [1.29, 1.82) is 0 Å². The van der Waals surface area contributed by atoms with Gasteiger partial charge in [0.1, 0.15) is 17.0 Å². The second-order valence-electron chi connectivity index (χ2n) is 6.35. The lowest BCUT2D eigenvalue weighted by atomic mass is 10.1. The zero-order chi connectivity index (χ0) is 20.5. The summed E-state index contributed by atoms with van der Waals surface area (Å²) in [7, 11) is 0. The number of anilines is 1. The summed E-state index contributed by atoms with van der Waals surface area (Å²) in [5.74, 6) is 1.01. The van der Waals surface area contributed by atoms with E-state index in [1.165, 1.54) is 12.3 Å². The lowest BCUT2D eigenvalue weighted by molar-refractivity contribution is -0.384.